The molecule has 3 rings (SSSR count). The highest BCUT2D eigenvalue weighted by atomic mass is 16.5. The molecule has 2 aliphatic carbocycles. The van der Waals surface area contributed by atoms with E-state index in [9.17, 15) is 15.3 Å². The molecule has 3 fully saturated rings. The summed E-state index contributed by atoms with van der Waals surface area (Å²) in [7, 11) is 3.28. The molecular formula is C17H30O6. The van der Waals surface area contributed by atoms with Crippen LogP contribution >= 0.6 is 0 Å². The van der Waals surface area contributed by atoms with Crippen LogP contribution < -0.4 is 0 Å². The molecule has 0 aromatic rings. The van der Waals surface area contributed by atoms with Crippen LogP contribution in [0.5, 0.6) is 0 Å². The smallest absolute Gasteiger partial charge is 0.0867 e. The van der Waals surface area contributed by atoms with Crippen molar-refractivity contribution in [2.24, 2.45) is 11.8 Å². The average Bonchev–Trinajstić information content (AvgIpc) is 2.55. The number of hydrogen-bond acceptors (Lipinski definition) is 6. The summed E-state index contributed by atoms with van der Waals surface area (Å²) in [5, 5.41) is 30.8. The number of methoxy groups -OCH3 is 2. The van der Waals surface area contributed by atoms with Crippen molar-refractivity contribution in [2.75, 3.05) is 14.2 Å². The molecule has 1 saturated heterocycles. The standard InChI is InChI=1S/C17H30O6/c1-21-10-6-13(19)11-8-14(20)17(23-15(11)7-10)9-3-4-12(18)16(5-9)22-2/h9-20H,3-8H2,1-2H3. The Balaban J connectivity index is 1.67. The van der Waals surface area contributed by atoms with Gasteiger partial charge in [-0.1, -0.05) is 0 Å². The summed E-state index contributed by atoms with van der Waals surface area (Å²) in [6.45, 7) is 0. The maximum absolute atomic E-state index is 10.6. The Bertz CT molecular complexity index is 391. The maximum Gasteiger partial charge on any atom is 0.0867 e. The fourth-order valence-corrected chi connectivity index (χ4v) is 4.71. The van der Waals surface area contributed by atoms with Crippen molar-refractivity contribution in [3.63, 3.8) is 0 Å². The van der Waals surface area contributed by atoms with Crippen molar-refractivity contribution < 1.29 is 29.5 Å². The van der Waals surface area contributed by atoms with Crippen molar-refractivity contribution >= 4 is 0 Å². The molecule has 9 unspecified atom stereocenters. The van der Waals surface area contributed by atoms with Gasteiger partial charge in [0, 0.05) is 26.6 Å². The molecule has 1 aliphatic heterocycles. The first-order valence-corrected chi connectivity index (χ1v) is 8.78. The van der Waals surface area contributed by atoms with Gasteiger partial charge in [-0.05, 0) is 38.0 Å². The highest BCUT2D eigenvalue weighted by Crippen LogP contribution is 2.42. The lowest BCUT2D eigenvalue weighted by Crippen LogP contribution is -2.56. The minimum absolute atomic E-state index is 0.0138. The van der Waals surface area contributed by atoms with Gasteiger partial charge >= 0.3 is 0 Å². The molecule has 0 aromatic carbocycles. The van der Waals surface area contributed by atoms with Crippen LogP contribution in [-0.4, -0.2) is 72.3 Å². The molecule has 0 spiro atoms. The number of fused-ring (bicyclic) bond motifs is 1. The van der Waals surface area contributed by atoms with E-state index >= 15 is 0 Å². The van der Waals surface area contributed by atoms with E-state index in [4.69, 9.17) is 14.2 Å². The summed E-state index contributed by atoms with van der Waals surface area (Å²) >= 11 is 0. The van der Waals surface area contributed by atoms with E-state index in [0.29, 0.717) is 25.7 Å². The lowest BCUT2D eigenvalue weighted by atomic mass is 9.72. The van der Waals surface area contributed by atoms with Crippen molar-refractivity contribution in [1.29, 1.82) is 0 Å². The van der Waals surface area contributed by atoms with Gasteiger partial charge in [0.25, 0.3) is 0 Å². The summed E-state index contributed by atoms with van der Waals surface area (Å²) < 4.78 is 17.0. The van der Waals surface area contributed by atoms with Gasteiger partial charge in [0.1, 0.15) is 0 Å². The summed E-state index contributed by atoms with van der Waals surface area (Å²) in [5.74, 6) is 0.166. The Kier molecular flexibility index (Phi) is 5.61. The molecule has 0 bridgehead atoms. The number of ether oxygens (including phenoxy) is 3. The van der Waals surface area contributed by atoms with Gasteiger partial charge in [0.05, 0.1) is 42.7 Å². The van der Waals surface area contributed by atoms with Gasteiger partial charge in [-0.3, -0.25) is 0 Å². The summed E-state index contributed by atoms with van der Waals surface area (Å²) in [6.07, 6.45) is 2.20. The Morgan fingerprint density at radius 3 is 2.30 bits per heavy atom. The molecule has 23 heavy (non-hydrogen) atoms. The average molecular weight is 330 g/mol. The maximum atomic E-state index is 10.6. The van der Waals surface area contributed by atoms with Crippen molar-refractivity contribution in [3.8, 4) is 0 Å². The fraction of sp³-hybridized carbons (Fsp3) is 1.00. The third-order valence-electron chi connectivity index (χ3n) is 6.09. The molecular weight excluding hydrogens is 300 g/mol. The Morgan fingerprint density at radius 2 is 1.61 bits per heavy atom. The number of aliphatic hydroxyl groups is 3. The highest BCUT2D eigenvalue weighted by molar-refractivity contribution is 4.97. The predicted octanol–water partition coefficient (Wildman–Crippen LogP) is 0.467. The molecule has 6 heteroatoms. The molecule has 6 nitrogen and oxygen atoms in total. The quantitative estimate of drug-likeness (QED) is 0.697. The van der Waals surface area contributed by atoms with Gasteiger partial charge < -0.3 is 29.5 Å². The number of hydrogen-bond donors (Lipinski definition) is 3. The van der Waals surface area contributed by atoms with E-state index in [1.807, 2.05) is 0 Å². The first-order chi connectivity index (χ1) is 11.0. The lowest BCUT2D eigenvalue weighted by molar-refractivity contribution is -0.218. The Morgan fingerprint density at radius 1 is 0.826 bits per heavy atom. The zero-order valence-electron chi connectivity index (χ0n) is 14.0. The van der Waals surface area contributed by atoms with Gasteiger partial charge in [-0.2, -0.15) is 0 Å². The van der Waals surface area contributed by atoms with E-state index in [1.165, 1.54) is 0 Å². The molecule has 9 atom stereocenters. The molecule has 3 aliphatic rings. The second-order valence-electron chi connectivity index (χ2n) is 7.42. The first-order valence-electron chi connectivity index (χ1n) is 8.78. The van der Waals surface area contributed by atoms with Crippen LogP contribution in [0.2, 0.25) is 0 Å². The molecule has 0 aromatic heterocycles. The second-order valence-corrected chi connectivity index (χ2v) is 7.42. The van der Waals surface area contributed by atoms with Gasteiger partial charge in [0.15, 0.2) is 0 Å². The minimum atomic E-state index is -0.567. The van der Waals surface area contributed by atoms with Crippen LogP contribution in [0.1, 0.15) is 38.5 Å². The summed E-state index contributed by atoms with van der Waals surface area (Å²) in [5.41, 5.74) is 0. The molecule has 1 heterocycles. The molecule has 134 valence electrons. The van der Waals surface area contributed by atoms with E-state index in [2.05, 4.69) is 0 Å². The van der Waals surface area contributed by atoms with Crippen LogP contribution in [0, 0.1) is 11.8 Å². The normalized spacial score (nSPS) is 51.3. The van der Waals surface area contributed by atoms with Gasteiger partial charge in [0.2, 0.25) is 0 Å². The van der Waals surface area contributed by atoms with Crippen LogP contribution in [-0.2, 0) is 14.2 Å². The molecule has 0 radical (unpaired) electrons. The van der Waals surface area contributed by atoms with E-state index in [1.54, 1.807) is 14.2 Å². The Labute approximate surface area is 137 Å². The zero-order chi connectivity index (χ0) is 16.6. The van der Waals surface area contributed by atoms with Crippen molar-refractivity contribution in [3.05, 3.63) is 0 Å². The second kappa shape index (κ2) is 7.33. The van der Waals surface area contributed by atoms with Gasteiger partial charge in [-0.25, -0.2) is 0 Å². The third kappa shape index (κ3) is 3.57. The monoisotopic (exact) mass is 330 g/mol. The van der Waals surface area contributed by atoms with Crippen LogP contribution in [0.4, 0.5) is 0 Å². The Hall–Kier alpha value is -0.240. The van der Waals surface area contributed by atoms with Crippen LogP contribution in [0.25, 0.3) is 0 Å². The predicted molar refractivity (Wildman–Crippen MR) is 83.0 cm³/mol. The summed E-state index contributed by atoms with van der Waals surface area (Å²) in [6, 6.07) is 0. The van der Waals surface area contributed by atoms with E-state index in [-0.39, 0.29) is 36.3 Å². The summed E-state index contributed by atoms with van der Waals surface area (Å²) in [4.78, 5) is 0. The minimum Gasteiger partial charge on any atom is -0.393 e. The topological polar surface area (TPSA) is 88.4 Å². The molecule has 0 amide bonds. The number of rotatable bonds is 3. The van der Waals surface area contributed by atoms with E-state index < -0.39 is 18.3 Å². The van der Waals surface area contributed by atoms with E-state index in [0.717, 1.165) is 12.8 Å². The third-order valence-corrected chi connectivity index (χ3v) is 6.09. The zero-order valence-corrected chi connectivity index (χ0v) is 14.0. The van der Waals surface area contributed by atoms with Crippen LogP contribution in [0.15, 0.2) is 0 Å². The largest absolute Gasteiger partial charge is 0.393 e. The van der Waals surface area contributed by atoms with Gasteiger partial charge in [-0.15, -0.1) is 0 Å². The molecule has 3 N–H and O–H groups in total. The fourth-order valence-electron chi connectivity index (χ4n) is 4.71. The molecule has 2 saturated carbocycles. The van der Waals surface area contributed by atoms with Crippen molar-refractivity contribution in [2.45, 2.75) is 81.3 Å². The highest BCUT2D eigenvalue weighted by Gasteiger charge is 2.48. The SMILES string of the molecule is COC1CC(O)C2CC(O)C(C3CCC(O)C(OC)C3)OC2C1. The first kappa shape index (κ1) is 17.6. The van der Waals surface area contributed by atoms with Crippen molar-refractivity contribution in [1.82, 2.24) is 0 Å². The van der Waals surface area contributed by atoms with Crippen LogP contribution in [0.3, 0.4) is 0 Å². The lowest BCUT2D eigenvalue weighted by Gasteiger charge is -2.49. The number of aliphatic hydroxyl groups excluding tert-OH is 3.